The van der Waals surface area contributed by atoms with Crippen LogP contribution in [0.4, 0.5) is 11.5 Å². The van der Waals surface area contributed by atoms with Crippen molar-refractivity contribution in [1.82, 2.24) is 9.78 Å². The fraction of sp³-hybridized carbons (Fsp3) is 0.214. The van der Waals surface area contributed by atoms with E-state index in [2.05, 4.69) is 10.4 Å². The van der Waals surface area contributed by atoms with E-state index in [0.29, 0.717) is 11.5 Å². The third kappa shape index (κ3) is 2.05. The van der Waals surface area contributed by atoms with Gasteiger partial charge in [-0.25, -0.2) is 4.90 Å². The SMILES string of the molecule is Cn1nccc1NC1CC(=O)N(c2ccccc2)C1=O. The van der Waals surface area contributed by atoms with Gasteiger partial charge in [-0.1, -0.05) is 18.2 Å². The number of imide groups is 1. The van der Waals surface area contributed by atoms with Crippen LogP contribution in [0.1, 0.15) is 6.42 Å². The van der Waals surface area contributed by atoms with Crippen molar-refractivity contribution in [2.75, 3.05) is 10.2 Å². The topological polar surface area (TPSA) is 67.2 Å². The van der Waals surface area contributed by atoms with E-state index in [1.807, 2.05) is 6.07 Å². The van der Waals surface area contributed by atoms with Crippen LogP contribution in [0.2, 0.25) is 0 Å². The van der Waals surface area contributed by atoms with Crippen molar-refractivity contribution >= 4 is 23.3 Å². The predicted octanol–water partition coefficient (Wildman–Crippen LogP) is 1.16. The molecule has 1 saturated heterocycles. The molecule has 0 spiro atoms. The zero-order valence-corrected chi connectivity index (χ0v) is 11.0. The lowest BCUT2D eigenvalue weighted by molar-refractivity contribution is -0.121. The van der Waals surface area contributed by atoms with Crippen LogP contribution in [-0.4, -0.2) is 27.6 Å². The lowest BCUT2D eigenvalue weighted by Gasteiger charge is -2.15. The van der Waals surface area contributed by atoms with Crippen LogP contribution < -0.4 is 10.2 Å². The molecule has 6 heteroatoms. The van der Waals surface area contributed by atoms with Gasteiger partial charge in [-0.15, -0.1) is 0 Å². The maximum Gasteiger partial charge on any atom is 0.256 e. The second kappa shape index (κ2) is 4.80. The van der Waals surface area contributed by atoms with Gasteiger partial charge in [0.25, 0.3) is 5.91 Å². The van der Waals surface area contributed by atoms with E-state index < -0.39 is 6.04 Å². The predicted molar refractivity (Wildman–Crippen MR) is 74.2 cm³/mol. The van der Waals surface area contributed by atoms with Crippen LogP contribution in [0.25, 0.3) is 0 Å². The molecule has 0 aliphatic carbocycles. The van der Waals surface area contributed by atoms with Gasteiger partial charge in [0.2, 0.25) is 5.91 Å². The summed E-state index contributed by atoms with van der Waals surface area (Å²) in [6, 6.07) is 10.2. The first-order chi connectivity index (χ1) is 9.66. The van der Waals surface area contributed by atoms with Crippen LogP contribution in [0, 0.1) is 0 Å². The number of rotatable bonds is 3. The number of para-hydroxylation sites is 1. The zero-order chi connectivity index (χ0) is 14.1. The van der Waals surface area contributed by atoms with Crippen molar-refractivity contribution < 1.29 is 9.59 Å². The maximum atomic E-state index is 12.4. The summed E-state index contributed by atoms with van der Waals surface area (Å²) >= 11 is 0. The first-order valence-electron chi connectivity index (χ1n) is 6.33. The molecule has 0 radical (unpaired) electrons. The average Bonchev–Trinajstić information content (AvgIpc) is 2.96. The highest BCUT2D eigenvalue weighted by Gasteiger charge is 2.39. The second-order valence-corrected chi connectivity index (χ2v) is 4.64. The normalized spacial score (nSPS) is 18.6. The van der Waals surface area contributed by atoms with E-state index in [1.165, 1.54) is 4.90 Å². The van der Waals surface area contributed by atoms with Gasteiger partial charge in [0.1, 0.15) is 11.9 Å². The Morgan fingerprint density at radius 3 is 2.60 bits per heavy atom. The first kappa shape index (κ1) is 12.4. The highest BCUT2D eigenvalue weighted by Crippen LogP contribution is 2.24. The fourth-order valence-corrected chi connectivity index (χ4v) is 2.29. The Hall–Kier alpha value is -2.63. The monoisotopic (exact) mass is 270 g/mol. The van der Waals surface area contributed by atoms with Crippen LogP contribution in [0.5, 0.6) is 0 Å². The molecule has 1 aromatic carbocycles. The van der Waals surface area contributed by atoms with Crippen LogP contribution in [0.3, 0.4) is 0 Å². The minimum atomic E-state index is -0.543. The lowest BCUT2D eigenvalue weighted by atomic mass is 10.2. The Bertz CT molecular complexity index is 650. The van der Waals surface area contributed by atoms with Gasteiger partial charge in [0.15, 0.2) is 0 Å². The summed E-state index contributed by atoms with van der Waals surface area (Å²) in [6.07, 6.45) is 1.79. The summed E-state index contributed by atoms with van der Waals surface area (Å²) in [5.41, 5.74) is 0.608. The molecule has 2 amide bonds. The molecular formula is C14H14N4O2. The molecule has 102 valence electrons. The summed E-state index contributed by atoms with van der Waals surface area (Å²) in [6.45, 7) is 0. The van der Waals surface area contributed by atoms with E-state index in [0.717, 1.165) is 0 Å². The second-order valence-electron chi connectivity index (χ2n) is 4.64. The van der Waals surface area contributed by atoms with Gasteiger partial charge in [-0.3, -0.25) is 14.3 Å². The molecule has 2 heterocycles. The standard InChI is InChI=1S/C14H14N4O2/c1-17-12(7-8-15-17)16-11-9-13(19)18(14(11)20)10-5-3-2-4-6-10/h2-8,11,16H,9H2,1H3. The summed E-state index contributed by atoms with van der Waals surface area (Å²) in [5, 5.41) is 7.08. The van der Waals surface area contributed by atoms with Gasteiger partial charge in [0.05, 0.1) is 18.3 Å². The van der Waals surface area contributed by atoms with Crippen LogP contribution in [0.15, 0.2) is 42.6 Å². The van der Waals surface area contributed by atoms with Crippen molar-refractivity contribution in [3.8, 4) is 0 Å². The Balaban J connectivity index is 1.82. The van der Waals surface area contributed by atoms with E-state index in [-0.39, 0.29) is 18.2 Å². The minimum absolute atomic E-state index is 0.152. The molecule has 1 N–H and O–H groups in total. The number of carbonyl (C=O) groups excluding carboxylic acids is 2. The molecule has 1 atom stereocenters. The average molecular weight is 270 g/mol. The summed E-state index contributed by atoms with van der Waals surface area (Å²) in [5.74, 6) is 0.286. The molecule has 1 unspecified atom stereocenters. The molecule has 2 aromatic rings. The molecule has 1 aliphatic rings. The molecular weight excluding hydrogens is 256 g/mol. The van der Waals surface area contributed by atoms with E-state index in [4.69, 9.17) is 0 Å². The third-order valence-electron chi connectivity index (χ3n) is 3.30. The van der Waals surface area contributed by atoms with Crippen LogP contribution >= 0.6 is 0 Å². The molecule has 1 aromatic heterocycles. The van der Waals surface area contributed by atoms with E-state index in [1.54, 1.807) is 48.3 Å². The number of anilines is 2. The van der Waals surface area contributed by atoms with Crippen molar-refractivity contribution in [2.45, 2.75) is 12.5 Å². The molecule has 1 aliphatic heterocycles. The number of nitrogens with zero attached hydrogens (tertiary/aromatic N) is 3. The number of benzene rings is 1. The highest BCUT2D eigenvalue weighted by molar-refractivity contribution is 6.23. The number of nitrogens with one attached hydrogen (secondary N) is 1. The number of amides is 2. The van der Waals surface area contributed by atoms with Crippen LogP contribution in [-0.2, 0) is 16.6 Å². The Morgan fingerprint density at radius 1 is 1.20 bits per heavy atom. The van der Waals surface area contributed by atoms with Crippen molar-refractivity contribution in [3.63, 3.8) is 0 Å². The number of aryl methyl sites for hydroxylation is 1. The van der Waals surface area contributed by atoms with Gasteiger partial charge in [0, 0.05) is 13.1 Å². The van der Waals surface area contributed by atoms with Gasteiger partial charge >= 0.3 is 0 Å². The van der Waals surface area contributed by atoms with E-state index in [9.17, 15) is 9.59 Å². The van der Waals surface area contributed by atoms with Gasteiger partial charge in [-0.2, -0.15) is 5.10 Å². The quantitative estimate of drug-likeness (QED) is 0.850. The Morgan fingerprint density at radius 2 is 1.95 bits per heavy atom. The highest BCUT2D eigenvalue weighted by atomic mass is 16.2. The molecule has 20 heavy (non-hydrogen) atoms. The zero-order valence-electron chi connectivity index (χ0n) is 11.0. The Labute approximate surface area is 116 Å². The molecule has 0 saturated carbocycles. The summed E-state index contributed by atoms with van der Waals surface area (Å²) in [7, 11) is 1.78. The number of hydrogen-bond acceptors (Lipinski definition) is 4. The van der Waals surface area contributed by atoms with E-state index >= 15 is 0 Å². The minimum Gasteiger partial charge on any atom is -0.358 e. The van der Waals surface area contributed by atoms with Crippen molar-refractivity contribution in [3.05, 3.63) is 42.6 Å². The fourth-order valence-electron chi connectivity index (χ4n) is 2.29. The molecule has 1 fully saturated rings. The molecule has 0 bridgehead atoms. The van der Waals surface area contributed by atoms with Crippen molar-refractivity contribution in [1.29, 1.82) is 0 Å². The smallest absolute Gasteiger partial charge is 0.256 e. The molecule has 3 rings (SSSR count). The van der Waals surface area contributed by atoms with Gasteiger partial charge < -0.3 is 5.32 Å². The summed E-state index contributed by atoms with van der Waals surface area (Å²) in [4.78, 5) is 25.6. The Kier molecular flexibility index (Phi) is 2.98. The van der Waals surface area contributed by atoms with Gasteiger partial charge in [-0.05, 0) is 12.1 Å². The lowest BCUT2D eigenvalue weighted by Crippen LogP contribution is -2.35. The first-order valence-corrected chi connectivity index (χ1v) is 6.33. The molecule has 6 nitrogen and oxygen atoms in total. The number of aromatic nitrogens is 2. The maximum absolute atomic E-state index is 12.4. The number of hydrogen-bond donors (Lipinski definition) is 1. The largest absolute Gasteiger partial charge is 0.358 e. The third-order valence-corrected chi connectivity index (χ3v) is 3.30. The summed E-state index contributed by atoms with van der Waals surface area (Å²) < 4.78 is 1.63. The number of carbonyl (C=O) groups is 2. The van der Waals surface area contributed by atoms with Crippen molar-refractivity contribution in [2.24, 2.45) is 7.05 Å².